The Bertz CT molecular complexity index is 965. The van der Waals surface area contributed by atoms with E-state index in [0.717, 1.165) is 15.6 Å². The Morgan fingerprint density at radius 2 is 2.04 bits per heavy atom. The zero-order chi connectivity index (χ0) is 19.4. The second kappa shape index (κ2) is 8.70. The van der Waals surface area contributed by atoms with Crippen LogP contribution in [0.1, 0.15) is 16.7 Å². The normalized spacial score (nSPS) is 15.3. The van der Waals surface area contributed by atoms with Crippen molar-refractivity contribution in [1.82, 2.24) is 4.90 Å². The lowest BCUT2D eigenvalue weighted by Gasteiger charge is -2.14. The molecular formula is C20H15BrN2O2S2. The number of nitriles is 1. The van der Waals surface area contributed by atoms with Crippen molar-refractivity contribution in [1.29, 1.82) is 5.26 Å². The average Bonchev–Trinajstić information content (AvgIpc) is 2.90. The number of nitrogens with zero attached hydrogens (tertiary/aromatic N) is 2. The Morgan fingerprint density at radius 3 is 2.74 bits per heavy atom. The zero-order valence-electron chi connectivity index (χ0n) is 14.4. The maximum atomic E-state index is 12.8. The first kappa shape index (κ1) is 19.6. The van der Waals surface area contributed by atoms with E-state index in [9.17, 15) is 4.79 Å². The largest absolute Gasteiger partial charge is 0.478 e. The number of hydrogen-bond acceptors (Lipinski definition) is 5. The molecule has 7 heteroatoms. The monoisotopic (exact) mass is 458 g/mol. The van der Waals surface area contributed by atoms with Crippen LogP contribution in [0.2, 0.25) is 0 Å². The molecule has 0 bridgehead atoms. The first-order valence-electron chi connectivity index (χ1n) is 8.08. The summed E-state index contributed by atoms with van der Waals surface area (Å²) in [6.45, 7) is 2.41. The maximum absolute atomic E-state index is 12.8. The summed E-state index contributed by atoms with van der Waals surface area (Å²) >= 11 is 10.1. The van der Waals surface area contributed by atoms with Gasteiger partial charge in [0.25, 0.3) is 5.91 Å². The predicted molar refractivity (Wildman–Crippen MR) is 115 cm³/mol. The summed E-state index contributed by atoms with van der Waals surface area (Å²) in [7, 11) is 0. The van der Waals surface area contributed by atoms with Gasteiger partial charge in [0.2, 0.25) is 0 Å². The molecule has 1 aliphatic heterocycles. The van der Waals surface area contributed by atoms with Crippen molar-refractivity contribution < 1.29 is 9.53 Å². The van der Waals surface area contributed by atoms with Crippen LogP contribution in [0.3, 0.4) is 0 Å². The van der Waals surface area contributed by atoms with Crippen LogP contribution in [0, 0.1) is 18.3 Å². The zero-order valence-corrected chi connectivity index (χ0v) is 17.7. The Hall–Kier alpha value is -2.14. The van der Waals surface area contributed by atoms with Crippen molar-refractivity contribution in [3.8, 4) is 11.8 Å². The first-order chi connectivity index (χ1) is 13.0. The lowest BCUT2D eigenvalue weighted by atomic mass is 10.1. The molecular weight excluding hydrogens is 444 g/mol. The maximum Gasteiger partial charge on any atom is 0.266 e. The summed E-state index contributed by atoms with van der Waals surface area (Å²) in [5.74, 6) is 0.417. The fraction of sp³-hybridized carbons (Fsp3) is 0.150. The second-order valence-electron chi connectivity index (χ2n) is 5.88. The molecule has 0 unspecified atom stereocenters. The molecule has 2 aromatic carbocycles. The van der Waals surface area contributed by atoms with E-state index < -0.39 is 0 Å². The third-order valence-corrected chi connectivity index (χ3v) is 5.76. The molecule has 1 saturated heterocycles. The van der Waals surface area contributed by atoms with Gasteiger partial charge in [0.1, 0.15) is 16.1 Å². The van der Waals surface area contributed by atoms with Crippen molar-refractivity contribution in [2.24, 2.45) is 0 Å². The fourth-order valence-corrected chi connectivity index (χ4v) is 4.15. The van der Waals surface area contributed by atoms with Crippen molar-refractivity contribution in [3.63, 3.8) is 0 Å². The highest BCUT2D eigenvalue weighted by molar-refractivity contribution is 9.10. The molecule has 2 aromatic rings. The van der Waals surface area contributed by atoms with E-state index in [1.165, 1.54) is 17.3 Å². The molecule has 0 N–H and O–H groups in total. The number of carbonyl (C=O) groups is 1. The molecule has 4 nitrogen and oxygen atoms in total. The Balaban J connectivity index is 1.85. The third kappa shape index (κ3) is 4.78. The van der Waals surface area contributed by atoms with Crippen molar-refractivity contribution in [2.75, 3.05) is 6.61 Å². The number of benzene rings is 2. The number of carbonyl (C=O) groups excluding carboxylic acids is 1. The van der Waals surface area contributed by atoms with Gasteiger partial charge in [0.05, 0.1) is 11.4 Å². The van der Waals surface area contributed by atoms with E-state index in [-0.39, 0.29) is 12.5 Å². The number of thiocarbonyl (C=S) groups is 1. The van der Waals surface area contributed by atoms with Crippen LogP contribution >= 0.6 is 39.9 Å². The van der Waals surface area contributed by atoms with Crippen molar-refractivity contribution in [3.05, 3.63) is 68.5 Å². The summed E-state index contributed by atoms with van der Waals surface area (Å²) in [5, 5.41) is 8.74. The van der Waals surface area contributed by atoms with Crippen LogP contribution in [-0.2, 0) is 11.3 Å². The average molecular weight is 459 g/mol. The standard InChI is InChI=1S/C20H15BrN2O2S2/c1-13-2-4-14(5-3-13)12-23-19(24)18(27-20(23)26)11-15-10-16(21)6-7-17(15)25-9-8-22/h2-7,10-11H,9,12H2,1H3/b18-11-. The highest BCUT2D eigenvalue weighted by Gasteiger charge is 2.32. The molecule has 0 aliphatic carbocycles. The van der Waals surface area contributed by atoms with Crippen LogP contribution in [0.4, 0.5) is 0 Å². The molecule has 0 atom stereocenters. The molecule has 1 aliphatic rings. The lowest BCUT2D eigenvalue weighted by Crippen LogP contribution is -2.27. The molecule has 0 saturated carbocycles. The van der Waals surface area contributed by atoms with Gasteiger partial charge in [-0.15, -0.1) is 0 Å². The van der Waals surface area contributed by atoms with Crippen LogP contribution in [0.15, 0.2) is 51.8 Å². The molecule has 1 fully saturated rings. The summed E-state index contributed by atoms with van der Waals surface area (Å²) in [6.07, 6.45) is 1.76. The van der Waals surface area contributed by atoms with Gasteiger partial charge in [-0.1, -0.05) is 69.7 Å². The van der Waals surface area contributed by atoms with Gasteiger partial charge in [0.15, 0.2) is 6.61 Å². The number of amides is 1. The van der Waals surface area contributed by atoms with E-state index in [2.05, 4.69) is 15.9 Å². The van der Waals surface area contributed by atoms with Gasteiger partial charge < -0.3 is 4.74 Å². The van der Waals surface area contributed by atoms with Gasteiger partial charge in [0, 0.05) is 10.0 Å². The van der Waals surface area contributed by atoms with E-state index in [1.54, 1.807) is 17.0 Å². The lowest BCUT2D eigenvalue weighted by molar-refractivity contribution is -0.122. The van der Waals surface area contributed by atoms with Crippen molar-refractivity contribution >= 4 is 56.2 Å². The van der Waals surface area contributed by atoms with Crippen LogP contribution in [0.25, 0.3) is 6.08 Å². The molecule has 136 valence electrons. The number of halogens is 1. The number of hydrogen-bond donors (Lipinski definition) is 0. The highest BCUT2D eigenvalue weighted by Crippen LogP contribution is 2.35. The minimum atomic E-state index is -0.128. The Labute approximate surface area is 175 Å². The van der Waals surface area contributed by atoms with Crippen LogP contribution < -0.4 is 4.74 Å². The second-order valence-corrected chi connectivity index (χ2v) is 8.47. The van der Waals surface area contributed by atoms with E-state index >= 15 is 0 Å². The number of thioether (sulfide) groups is 1. The fourth-order valence-electron chi connectivity index (χ4n) is 2.53. The topological polar surface area (TPSA) is 53.3 Å². The van der Waals surface area contributed by atoms with E-state index in [0.29, 0.717) is 21.5 Å². The Kier molecular flexibility index (Phi) is 6.32. The molecule has 27 heavy (non-hydrogen) atoms. The van der Waals surface area contributed by atoms with Crippen LogP contribution in [0.5, 0.6) is 5.75 Å². The third-order valence-electron chi connectivity index (χ3n) is 3.89. The smallest absolute Gasteiger partial charge is 0.266 e. The van der Waals surface area contributed by atoms with Gasteiger partial charge in [-0.05, 0) is 36.8 Å². The molecule has 1 amide bonds. The minimum absolute atomic E-state index is 0.0587. The highest BCUT2D eigenvalue weighted by atomic mass is 79.9. The van der Waals surface area contributed by atoms with Crippen LogP contribution in [-0.4, -0.2) is 21.7 Å². The minimum Gasteiger partial charge on any atom is -0.478 e. The number of rotatable bonds is 5. The quantitative estimate of drug-likeness (QED) is 0.462. The molecule has 0 aromatic heterocycles. The molecule has 0 spiro atoms. The van der Waals surface area contributed by atoms with Gasteiger partial charge >= 0.3 is 0 Å². The van der Waals surface area contributed by atoms with E-state index in [4.69, 9.17) is 22.2 Å². The van der Waals surface area contributed by atoms with Crippen molar-refractivity contribution in [2.45, 2.75) is 13.5 Å². The predicted octanol–water partition coefficient (Wildman–Crippen LogP) is 5.06. The first-order valence-corrected chi connectivity index (χ1v) is 10.1. The van der Waals surface area contributed by atoms with E-state index in [1.807, 2.05) is 49.4 Å². The summed E-state index contributed by atoms with van der Waals surface area (Å²) in [5.41, 5.74) is 2.91. The van der Waals surface area contributed by atoms with Gasteiger partial charge in [-0.3, -0.25) is 9.69 Å². The summed E-state index contributed by atoms with van der Waals surface area (Å²) in [4.78, 5) is 15.0. The summed E-state index contributed by atoms with van der Waals surface area (Å²) < 4.78 is 6.84. The van der Waals surface area contributed by atoms with Gasteiger partial charge in [-0.25, -0.2) is 0 Å². The SMILES string of the molecule is Cc1ccc(CN2C(=O)/C(=C/c3cc(Br)ccc3OCC#N)SC2=S)cc1. The van der Waals surface area contributed by atoms with Gasteiger partial charge in [-0.2, -0.15) is 5.26 Å². The molecule has 1 heterocycles. The number of ether oxygens (including phenoxy) is 1. The summed E-state index contributed by atoms with van der Waals surface area (Å²) in [6, 6.07) is 15.4. The molecule has 0 radical (unpaired) electrons. The molecule has 3 rings (SSSR count). The Morgan fingerprint density at radius 1 is 1.30 bits per heavy atom. The number of aryl methyl sites for hydroxylation is 1.